The molecule has 1 atom stereocenters. The molecular formula is C20H19N3O4S. The van der Waals surface area contributed by atoms with Crippen LogP contribution in [0.2, 0.25) is 0 Å². The van der Waals surface area contributed by atoms with Crippen LogP contribution in [0.15, 0.2) is 48.5 Å². The third-order valence-corrected chi connectivity index (χ3v) is 5.17. The predicted octanol–water partition coefficient (Wildman–Crippen LogP) is 2.97. The third kappa shape index (κ3) is 4.23. The fourth-order valence-electron chi connectivity index (χ4n) is 2.83. The number of para-hydroxylation sites is 3. The standard InChI is InChI=1S/C20H19N3O4S/c24-18(23-20-22-13-6-1-4-9-17(13)28-20)10-5-11-21-19(25)16-12-26-14-7-2-3-8-15(14)27-16/h1-4,6-9,16H,5,10-12H2,(H,21,25)(H,22,23,24)/t16-/m0/s1. The summed E-state index contributed by atoms with van der Waals surface area (Å²) in [5.74, 6) is 0.822. The van der Waals surface area contributed by atoms with Crippen molar-refractivity contribution in [3.63, 3.8) is 0 Å². The third-order valence-electron chi connectivity index (χ3n) is 4.22. The minimum absolute atomic E-state index is 0.125. The molecule has 0 aliphatic carbocycles. The molecule has 144 valence electrons. The Hall–Kier alpha value is -3.13. The second kappa shape index (κ2) is 8.26. The Morgan fingerprint density at radius 2 is 1.89 bits per heavy atom. The van der Waals surface area contributed by atoms with Gasteiger partial charge in [0.1, 0.15) is 6.61 Å². The number of amides is 2. The van der Waals surface area contributed by atoms with Gasteiger partial charge in [0.2, 0.25) is 12.0 Å². The van der Waals surface area contributed by atoms with E-state index in [-0.39, 0.29) is 18.4 Å². The molecule has 2 N–H and O–H groups in total. The Balaban J connectivity index is 1.19. The van der Waals surface area contributed by atoms with Crippen LogP contribution in [0.5, 0.6) is 11.5 Å². The lowest BCUT2D eigenvalue weighted by Gasteiger charge is -2.25. The molecular weight excluding hydrogens is 378 g/mol. The first-order valence-corrected chi connectivity index (χ1v) is 9.82. The highest BCUT2D eigenvalue weighted by atomic mass is 32.1. The lowest BCUT2D eigenvalue weighted by Crippen LogP contribution is -2.44. The van der Waals surface area contributed by atoms with E-state index in [1.54, 1.807) is 12.1 Å². The van der Waals surface area contributed by atoms with Gasteiger partial charge in [-0.15, -0.1) is 0 Å². The second-order valence-electron chi connectivity index (χ2n) is 6.29. The second-order valence-corrected chi connectivity index (χ2v) is 7.32. The quantitative estimate of drug-likeness (QED) is 0.624. The van der Waals surface area contributed by atoms with E-state index in [1.165, 1.54) is 11.3 Å². The molecule has 3 aromatic rings. The maximum atomic E-state index is 12.2. The number of hydrogen-bond donors (Lipinski definition) is 2. The highest BCUT2D eigenvalue weighted by Gasteiger charge is 2.26. The van der Waals surface area contributed by atoms with Crippen molar-refractivity contribution >= 4 is 38.5 Å². The van der Waals surface area contributed by atoms with Crippen molar-refractivity contribution in [3.05, 3.63) is 48.5 Å². The van der Waals surface area contributed by atoms with Gasteiger partial charge in [0.05, 0.1) is 10.2 Å². The molecule has 2 aromatic carbocycles. The molecule has 2 heterocycles. The van der Waals surface area contributed by atoms with Crippen LogP contribution < -0.4 is 20.1 Å². The van der Waals surface area contributed by atoms with Gasteiger partial charge < -0.3 is 20.1 Å². The van der Waals surface area contributed by atoms with Crippen LogP contribution in [-0.2, 0) is 9.59 Å². The Morgan fingerprint density at radius 3 is 2.75 bits per heavy atom. The lowest BCUT2D eigenvalue weighted by molar-refractivity contribution is -0.130. The van der Waals surface area contributed by atoms with Gasteiger partial charge in [-0.3, -0.25) is 9.59 Å². The zero-order chi connectivity index (χ0) is 19.3. The SMILES string of the molecule is O=C(CCCNC(=O)[C@@H]1COc2ccccc2O1)Nc1nc2ccccc2s1. The number of carbonyl (C=O) groups excluding carboxylic acids is 2. The largest absolute Gasteiger partial charge is 0.485 e. The van der Waals surface area contributed by atoms with Gasteiger partial charge in [0.25, 0.3) is 5.91 Å². The maximum absolute atomic E-state index is 12.2. The summed E-state index contributed by atoms with van der Waals surface area (Å²) in [6.07, 6.45) is 0.125. The van der Waals surface area contributed by atoms with Crippen molar-refractivity contribution in [2.75, 3.05) is 18.5 Å². The number of rotatable bonds is 6. The molecule has 0 bridgehead atoms. The van der Waals surface area contributed by atoms with E-state index in [2.05, 4.69) is 15.6 Å². The highest BCUT2D eigenvalue weighted by molar-refractivity contribution is 7.22. The van der Waals surface area contributed by atoms with Crippen molar-refractivity contribution in [2.45, 2.75) is 18.9 Å². The number of nitrogens with one attached hydrogen (secondary N) is 2. The van der Waals surface area contributed by atoms with Crippen LogP contribution in [-0.4, -0.2) is 36.1 Å². The summed E-state index contributed by atoms with van der Waals surface area (Å²) in [4.78, 5) is 28.7. The normalized spacial score (nSPS) is 15.2. The molecule has 0 radical (unpaired) electrons. The van der Waals surface area contributed by atoms with E-state index >= 15 is 0 Å². The van der Waals surface area contributed by atoms with Crippen LogP contribution in [0.3, 0.4) is 0 Å². The zero-order valence-corrected chi connectivity index (χ0v) is 15.8. The number of aromatic nitrogens is 1. The van der Waals surface area contributed by atoms with Crippen LogP contribution in [0.1, 0.15) is 12.8 Å². The van der Waals surface area contributed by atoms with Crippen molar-refractivity contribution in [1.29, 1.82) is 0 Å². The number of anilines is 1. The van der Waals surface area contributed by atoms with E-state index in [4.69, 9.17) is 9.47 Å². The van der Waals surface area contributed by atoms with E-state index in [0.717, 1.165) is 10.2 Å². The summed E-state index contributed by atoms with van der Waals surface area (Å²) in [7, 11) is 0. The molecule has 0 spiro atoms. The number of fused-ring (bicyclic) bond motifs is 2. The van der Waals surface area contributed by atoms with Gasteiger partial charge in [0, 0.05) is 13.0 Å². The van der Waals surface area contributed by atoms with E-state index < -0.39 is 6.10 Å². The molecule has 1 aliphatic heterocycles. The Bertz CT molecular complexity index is 971. The van der Waals surface area contributed by atoms with Crippen molar-refractivity contribution in [3.8, 4) is 11.5 Å². The zero-order valence-electron chi connectivity index (χ0n) is 15.0. The predicted molar refractivity (Wildman–Crippen MR) is 107 cm³/mol. The average Bonchev–Trinajstić information content (AvgIpc) is 3.12. The molecule has 0 saturated carbocycles. The molecule has 7 nitrogen and oxygen atoms in total. The van der Waals surface area contributed by atoms with Crippen molar-refractivity contribution in [2.24, 2.45) is 0 Å². The summed E-state index contributed by atoms with van der Waals surface area (Å²) in [5, 5.41) is 6.18. The van der Waals surface area contributed by atoms with E-state index in [9.17, 15) is 9.59 Å². The minimum atomic E-state index is -0.688. The fourth-order valence-corrected chi connectivity index (χ4v) is 3.71. The van der Waals surface area contributed by atoms with Gasteiger partial charge in [-0.05, 0) is 30.7 Å². The van der Waals surface area contributed by atoms with Crippen LogP contribution in [0, 0.1) is 0 Å². The smallest absolute Gasteiger partial charge is 0.264 e. The van der Waals surface area contributed by atoms with Gasteiger partial charge >= 0.3 is 0 Å². The number of ether oxygens (including phenoxy) is 2. The molecule has 4 rings (SSSR count). The lowest BCUT2D eigenvalue weighted by atomic mass is 10.2. The first kappa shape index (κ1) is 18.2. The number of hydrogen-bond acceptors (Lipinski definition) is 6. The summed E-state index contributed by atoms with van der Waals surface area (Å²) >= 11 is 1.44. The summed E-state index contributed by atoms with van der Waals surface area (Å²) in [6.45, 7) is 0.550. The van der Waals surface area contributed by atoms with Gasteiger partial charge in [-0.25, -0.2) is 4.98 Å². The fraction of sp³-hybridized carbons (Fsp3) is 0.250. The highest BCUT2D eigenvalue weighted by Crippen LogP contribution is 2.30. The maximum Gasteiger partial charge on any atom is 0.264 e. The number of thiazole rings is 1. The summed E-state index contributed by atoms with van der Waals surface area (Å²) in [5.41, 5.74) is 0.867. The Labute approximate surface area is 165 Å². The van der Waals surface area contributed by atoms with Crippen molar-refractivity contribution < 1.29 is 19.1 Å². The van der Waals surface area contributed by atoms with E-state index in [1.807, 2.05) is 36.4 Å². The monoisotopic (exact) mass is 397 g/mol. The number of nitrogens with zero attached hydrogens (tertiary/aromatic N) is 1. The first-order valence-electron chi connectivity index (χ1n) is 9.01. The van der Waals surface area contributed by atoms with Gasteiger partial charge in [0.15, 0.2) is 16.6 Å². The molecule has 28 heavy (non-hydrogen) atoms. The topological polar surface area (TPSA) is 89.6 Å². The number of benzene rings is 2. The number of carbonyl (C=O) groups is 2. The minimum Gasteiger partial charge on any atom is -0.485 e. The van der Waals surface area contributed by atoms with Gasteiger partial charge in [-0.1, -0.05) is 35.6 Å². The molecule has 0 fully saturated rings. The summed E-state index contributed by atoms with van der Waals surface area (Å²) < 4.78 is 12.2. The van der Waals surface area contributed by atoms with E-state index in [0.29, 0.717) is 36.0 Å². The molecule has 0 saturated heterocycles. The van der Waals surface area contributed by atoms with Crippen LogP contribution >= 0.6 is 11.3 Å². The van der Waals surface area contributed by atoms with Crippen molar-refractivity contribution in [1.82, 2.24) is 10.3 Å². The molecule has 2 amide bonds. The first-order chi connectivity index (χ1) is 13.7. The molecule has 8 heteroatoms. The molecule has 0 unspecified atom stereocenters. The van der Waals surface area contributed by atoms with Crippen LogP contribution in [0.4, 0.5) is 5.13 Å². The summed E-state index contributed by atoms with van der Waals surface area (Å²) in [6, 6.07) is 15.0. The van der Waals surface area contributed by atoms with Crippen LogP contribution in [0.25, 0.3) is 10.2 Å². The average molecular weight is 397 g/mol. The molecule has 1 aromatic heterocycles. The Morgan fingerprint density at radius 1 is 1.11 bits per heavy atom. The Kier molecular flexibility index (Phi) is 5.38. The van der Waals surface area contributed by atoms with Gasteiger partial charge in [-0.2, -0.15) is 0 Å². The molecule has 1 aliphatic rings.